The Morgan fingerprint density at radius 1 is 1.44 bits per heavy atom. The summed E-state index contributed by atoms with van der Waals surface area (Å²) in [6, 6.07) is 0. The molecule has 0 aromatic rings. The van der Waals surface area contributed by atoms with Gasteiger partial charge in [0.1, 0.15) is 0 Å². The summed E-state index contributed by atoms with van der Waals surface area (Å²) in [5, 5.41) is 0.463. The van der Waals surface area contributed by atoms with Crippen LogP contribution in [0.5, 0.6) is 0 Å². The summed E-state index contributed by atoms with van der Waals surface area (Å²) in [7, 11) is 5.66. The maximum Gasteiger partial charge on any atom is 0.0699 e. The molecule has 0 aliphatic heterocycles. The molecule has 0 saturated carbocycles. The first-order valence-electron chi connectivity index (χ1n) is 3.53. The Labute approximate surface area is 65.2 Å². The highest BCUT2D eigenvalue weighted by atomic mass is 32.1. The summed E-state index contributed by atoms with van der Waals surface area (Å²) in [5.74, 6) is 0.797. The number of hydrogen-bond acceptors (Lipinski definition) is 1. The predicted molar refractivity (Wildman–Crippen MR) is 47.4 cm³/mol. The van der Waals surface area contributed by atoms with E-state index in [0.717, 1.165) is 6.42 Å². The van der Waals surface area contributed by atoms with Crippen molar-refractivity contribution in [1.29, 1.82) is 0 Å². The molecule has 0 aliphatic carbocycles. The molecule has 0 heterocycles. The lowest BCUT2D eigenvalue weighted by Crippen LogP contribution is -2.14. The highest BCUT2D eigenvalue weighted by molar-refractivity contribution is 7.81. The van der Waals surface area contributed by atoms with Gasteiger partial charge < -0.3 is 0 Å². The van der Waals surface area contributed by atoms with E-state index in [1.54, 1.807) is 0 Å². The van der Waals surface area contributed by atoms with Gasteiger partial charge in [-0.05, 0) is 12.3 Å². The van der Waals surface area contributed by atoms with Crippen molar-refractivity contribution < 1.29 is 0 Å². The highest BCUT2D eigenvalue weighted by Gasteiger charge is 2.13. The quantitative estimate of drug-likeness (QED) is 0.453. The number of rotatable bonds is 3. The van der Waals surface area contributed by atoms with Crippen molar-refractivity contribution >= 4 is 20.5 Å². The molecule has 3 atom stereocenters. The molecule has 0 aliphatic rings. The second kappa shape index (κ2) is 4.27. The average Bonchev–Trinajstić information content (AvgIpc) is 1.84. The van der Waals surface area contributed by atoms with Crippen LogP contribution >= 0.6 is 12.6 Å². The molecule has 0 N–H and O–H groups in total. The van der Waals surface area contributed by atoms with Crippen LogP contribution in [0.15, 0.2) is 0 Å². The second-order valence-corrected chi connectivity index (χ2v) is 3.36. The smallest absolute Gasteiger partial charge is 0.0699 e. The molecule has 0 spiro atoms. The van der Waals surface area contributed by atoms with Gasteiger partial charge in [-0.25, -0.2) is 0 Å². The van der Waals surface area contributed by atoms with E-state index in [2.05, 4.69) is 26.5 Å². The van der Waals surface area contributed by atoms with E-state index in [4.69, 9.17) is 7.85 Å². The van der Waals surface area contributed by atoms with Crippen LogP contribution in [0.1, 0.15) is 27.2 Å². The van der Waals surface area contributed by atoms with Gasteiger partial charge in [0.25, 0.3) is 0 Å². The van der Waals surface area contributed by atoms with Gasteiger partial charge in [0.2, 0.25) is 0 Å². The Balaban J connectivity index is 3.58. The topological polar surface area (TPSA) is 0 Å². The van der Waals surface area contributed by atoms with E-state index in [0.29, 0.717) is 11.2 Å². The van der Waals surface area contributed by atoms with Gasteiger partial charge in [0.15, 0.2) is 0 Å². The third-order valence-electron chi connectivity index (χ3n) is 1.85. The van der Waals surface area contributed by atoms with E-state index in [-0.39, 0.29) is 5.82 Å². The molecule has 0 aromatic heterocycles. The fraction of sp³-hybridized carbons (Fsp3) is 1.00. The van der Waals surface area contributed by atoms with Crippen LogP contribution in [0.2, 0.25) is 5.82 Å². The molecule has 2 heteroatoms. The van der Waals surface area contributed by atoms with Crippen molar-refractivity contribution in [2.75, 3.05) is 0 Å². The van der Waals surface area contributed by atoms with E-state index >= 15 is 0 Å². The fourth-order valence-electron chi connectivity index (χ4n) is 0.722. The Bertz CT molecular complexity index is 73.3. The zero-order valence-corrected chi connectivity index (χ0v) is 7.36. The minimum Gasteiger partial charge on any atom is -0.176 e. The Morgan fingerprint density at radius 2 is 1.89 bits per heavy atom. The lowest BCUT2D eigenvalue weighted by atomic mass is 9.77. The summed E-state index contributed by atoms with van der Waals surface area (Å²) >= 11 is 4.38. The Morgan fingerprint density at radius 3 is 2.00 bits per heavy atom. The van der Waals surface area contributed by atoms with E-state index in [1.165, 1.54) is 0 Å². The first kappa shape index (κ1) is 9.41. The molecule has 0 amide bonds. The largest absolute Gasteiger partial charge is 0.176 e. The van der Waals surface area contributed by atoms with Crippen LogP contribution < -0.4 is 0 Å². The standard InChI is InChI=1S/C7H15BS/c1-4-7(9)5(2)6(3)8/h5-7,9H,4H2,1-3H3. The van der Waals surface area contributed by atoms with Crippen molar-refractivity contribution in [2.24, 2.45) is 5.92 Å². The highest BCUT2D eigenvalue weighted by Crippen LogP contribution is 2.22. The molecule has 0 rings (SSSR count). The van der Waals surface area contributed by atoms with Crippen LogP contribution in [0.3, 0.4) is 0 Å². The zero-order valence-electron chi connectivity index (χ0n) is 6.46. The van der Waals surface area contributed by atoms with E-state index in [1.807, 2.05) is 6.92 Å². The maximum atomic E-state index is 5.66. The van der Waals surface area contributed by atoms with Crippen molar-refractivity contribution in [3.63, 3.8) is 0 Å². The van der Waals surface area contributed by atoms with Gasteiger partial charge >= 0.3 is 0 Å². The Kier molecular flexibility index (Phi) is 4.46. The molecule has 9 heavy (non-hydrogen) atoms. The molecule has 0 saturated heterocycles. The molecule has 0 fully saturated rings. The van der Waals surface area contributed by atoms with Crippen molar-refractivity contribution in [2.45, 2.75) is 38.3 Å². The van der Waals surface area contributed by atoms with Gasteiger partial charge in [-0.3, -0.25) is 0 Å². The van der Waals surface area contributed by atoms with Crippen LogP contribution in [-0.4, -0.2) is 13.1 Å². The molecule has 52 valence electrons. The Hall–Kier alpha value is 0.415. The third kappa shape index (κ3) is 3.19. The average molecular weight is 142 g/mol. The fourth-order valence-corrected chi connectivity index (χ4v) is 0.994. The van der Waals surface area contributed by atoms with Crippen LogP contribution in [0.4, 0.5) is 0 Å². The molecule has 3 unspecified atom stereocenters. The van der Waals surface area contributed by atoms with Crippen LogP contribution in [0.25, 0.3) is 0 Å². The molecule has 0 nitrogen and oxygen atoms in total. The molecular formula is C7H15BS. The van der Waals surface area contributed by atoms with Crippen LogP contribution in [0, 0.1) is 5.92 Å². The summed E-state index contributed by atoms with van der Waals surface area (Å²) in [5.41, 5.74) is 0. The van der Waals surface area contributed by atoms with Crippen molar-refractivity contribution in [1.82, 2.24) is 0 Å². The summed E-state index contributed by atoms with van der Waals surface area (Å²) in [6.45, 7) is 6.31. The van der Waals surface area contributed by atoms with Crippen LogP contribution in [-0.2, 0) is 0 Å². The lowest BCUT2D eigenvalue weighted by Gasteiger charge is -2.21. The van der Waals surface area contributed by atoms with Gasteiger partial charge in [-0.1, -0.05) is 26.6 Å². The van der Waals surface area contributed by atoms with Gasteiger partial charge in [-0.15, -0.1) is 0 Å². The van der Waals surface area contributed by atoms with Crippen molar-refractivity contribution in [3.05, 3.63) is 0 Å². The lowest BCUT2D eigenvalue weighted by molar-refractivity contribution is 0.526. The molecule has 2 radical (unpaired) electrons. The summed E-state index contributed by atoms with van der Waals surface area (Å²) in [6.07, 6.45) is 1.10. The molecule has 0 aromatic carbocycles. The summed E-state index contributed by atoms with van der Waals surface area (Å²) in [4.78, 5) is 0. The third-order valence-corrected chi connectivity index (χ3v) is 2.69. The number of hydrogen-bond donors (Lipinski definition) is 1. The summed E-state index contributed by atoms with van der Waals surface area (Å²) < 4.78 is 0. The van der Waals surface area contributed by atoms with Gasteiger partial charge in [-0.2, -0.15) is 12.6 Å². The minimum absolute atomic E-state index is 0.271. The van der Waals surface area contributed by atoms with Gasteiger partial charge in [0, 0.05) is 5.25 Å². The monoisotopic (exact) mass is 142 g/mol. The molecule has 0 bridgehead atoms. The predicted octanol–water partition coefficient (Wildman–Crippen LogP) is 2.31. The maximum absolute atomic E-state index is 5.66. The van der Waals surface area contributed by atoms with E-state index in [9.17, 15) is 0 Å². The first-order chi connectivity index (χ1) is 4.09. The normalized spacial score (nSPS) is 20.9. The second-order valence-electron chi connectivity index (χ2n) is 2.69. The van der Waals surface area contributed by atoms with Crippen molar-refractivity contribution in [3.8, 4) is 0 Å². The molecular weight excluding hydrogens is 127 g/mol. The SMILES string of the molecule is [B]C(C)C(C)C(S)CC. The first-order valence-corrected chi connectivity index (χ1v) is 4.04. The number of thiol groups is 1. The minimum atomic E-state index is 0.271. The van der Waals surface area contributed by atoms with Gasteiger partial charge in [0.05, 0.1) is 7.85 Å². The van der Waals surface area contributed by atoms with E-state index < -0.39 is 0 Å². The zero-order chi connectivity index (χ0) is 7.44.